The van der Waals surface area contributed by atoms with E-state index in [1.165, 1.54) is 7.11 Å². The van der Waals surface area contributed by atoms with Crippen molar-refractivity contribution >= 4 is 29.4 Å². The molecule has 1 fully saturated rings. The molecule has 1 saturated heterocycles. The number of fused-ring (bicyclic) bond motifs is 5. The molecular weight excluding hydrogens is 406 g/mol. The maximum atomic E-state index is 13.0. The van der Waals surface area contributed by atoms with Crippen molar-refractivity contribution in [3.63, 3.8) is 0 Å². The van der Waals surface area contributed by atoms with Gasteiger partial charge in [-0.1, -0.05) is 41.9 Å². The molecule has 2 aliphatic rings. The van der Waals surface area contributed by atoms with Crippen LogP contribution in [-0.4, -0.2) is 19.2 Å². The molecule has 3 aromatic carbocycles. The number of rotatable bonds is 2. The van der Waals surface area contributed by atoms with Crippen LogP contribution < -0.4 is 9.64 Å². The molecule has 0 radical (unpaired) electrons. The molecule has 30 heavy (non-hydrogen) atoms. The minimum Gasteiger partial charge on any atom is -0.465 e. The lowest BCUT2D eigenvalue weighted by Crippen LogP contribution is -2.27. The average molecular weight is 422 g/mol. The molecule has 7 heteroatoms. The Balaban J connectivity index is 1.65. The summed E-state index contributed by atoms with van der Waals surface area (Å²) in [5.74, 6) is 0.736. The monoisotopic (exact) mass is 421 g/mol. The van der Waals surface area contributed by atoms with Crippen LogP contribution >= 0.6 is 11.6 Å². The van der Waals surface area contributed by atoms with Gasteiger partial charge in [0.2, 0.25) is 0 Å². The van der Waals surface area contributed by atoms with E-state index in [2.05, 4.69) is 0 Å². The molecule has 6 nitrogen and oxygen atoms in total. The van der Waals surface area contributed by atoms with Gasteiger partial charge in [-0.2, -0.15) is 0 Å². The third-order valence-corrected chi connectivity index (χ3v) is 5.52. The quantitative estimate of drug-likeness (QED) is 0.499. The number of esters is 1. The average Bonchev–Trinajstić information content (AvgIpc) is 3.03. The molecule has 0 N–H and O–H groups in total. The van der Waals surface area contributed by atoms with Crippen LogP contribution in [0.15, 0.2) is 66.7 Å². The van der Waals surface area contributed by atoms with E-state index in [-0.39, 0.29) is 0 Å². The van der Waals surface area contributed by atoms with Crippen molar-refractivity contribution in [2.45, 2.75) is 12.1 Å². The zero-order chi connectivity index (χ0) is 20.8. The fourth-order valence-corrected chi connectivity index (χ4v) is 4.07. The highest BCUT2D eigenvalue weighted by molar-refractivity contribution is 6.31. The SMILES string of the molecule is COC(=O)c1ccc([C@H]2OC(=O)N3c4cc(Cl)ccc4Oc4ccccc4[C@H]23)cc1. The van der Waals surface area contributed by atoms with Gasteiger partial charge in [-0.05, 0) is 42.0 Å². The highest BCUT2D eigenvalue weighted by Crippen LogP contribution is 2.53. The summed E-state index contributed by atoms with van der Waals surface area (Å²) in [5, 5.41) is 0.487. The molecule has 2 aliphatic heterocycles. The van der Waals surface area contributed by atoms with Crippen LogP contribution in [0.5, 0.6) is 11.5 Å². The molecule has 1 amide bonds. The third-order valence-electron chi connectivity index (χ3n) is 5.29. The lowest BCUT2D eigenvalue weighted by molar-refractivity contribution is 0.0600. The van der Waals surface area contributed by atoms with E-state index in [9.17, 15) is 9.59 Å². The van der Waals surface area contributed by atoms with Gasteiger partial charge in [-0.15, -0.1) is 0 Å². The summed E-state index contributed by atoms with van der Waals surface area (Å²) < 4.78 is 16.7. The Morgan fingerprint density at radius 3 is 2.57 bits per heavy atom. The standard InChI is InChI=1S/C23H16ClNO5/c1-28-22(26)14-8-6-13(7-9-14)21-20-16-4-2-3-5-18(16)29-19-11-10-15(24)12-17(19)25(20)23(27)30-21/h2-12,20-21H,1H3/t20-,21-/m1/s1. The molecule has 0 aliphatic carbocycles. The summed E-state index contributed by atoms with van der Waals surface area (Å²) in [7, 11) is 1.33. The molecule has 0 bridgehead atoms. The van der Waals surface area contributed by atoms with Crippen LogP contribution in [0.3, 0.4) is 0 Å². The van der Waals surface area contributed by atoms with E-state index in [0.29, 0.717) is 27.8 Å². The summed E-state index contributed by atoms with van der Waals surface area (Å²) in [6.07, 6.45) is -1.09. The van der Waals surface area contributed by atoms with Crippen molar-refractivity contribution in [3.8, 4) is 11.5 Å². The predicted molar refractivity (Wildman–Crippen MR) is 110 cm³/mol. The zero-order valence-corrected chi connectivity index (χ0v) is 16.6. The minimum atomic E-state index is -0.598. The first-order valence-corrected chi connectivity index (χ1v) is 9.69. The van der Waals surface area contributed by atoms with Gasteiger partial charge < -0.3 is 14.2 Å². The number of benzene rings is 3. The number of anilines is 1. The Kier molecular flexibility index (Phi) is 4.37. The van der Waals surface area contributed by atoms with Crippen LogP contribution in [0.4, 0.5) is 10.5 Å². The van der Waals surface area contributed by atoms with Crippen molar-refractivity contribution in [1.82, 2.24) is 0 Å². The van der Waals surface area contributed by atoms with Crippen LogP contribution in [0.25, 0.3) is 0 Å². The fraction of sp³-hybridized carbons (Fsp3) is 0.130. The van der Waals surface area contributed by atoms with Crippen molar-refractivity contribution < 1.29 is 23.8 Å². The fourth-order valence-electron chi connectivity index (χ4n) is 3.91. The number of para-hydroxylation sites is 1. The van der Waals surface area contributed by atoms with E-state index < -0.39 is 24.2 Å². The first-order valence-electron chi connectivity index (χ1n) is 9.31. The van der Waals surface area contributed by atoms with Crippen molar-refractivity contribution in [3.05, 3.63) is 88.4 Å². The summed E-state index contributed by atoms with van der Waals surface area (Å²) in [4.78, 5) is 26.3. The normalized spacial score (nSPS) is 19.0. The van der Waals surface area contributed by atoms with Gasteiger partial charge >= 0.3 is 12.1 Å². The van der Waals surface area contributed by atoms with Crippen LogP contribution in [-0.2, 0) is 9.47 Å². The van der Waals surface area contributed by atoms with Gasteiger partial charge in [0.05, 0.1) is 18.4 Å². The molecule has 2 atom stereocenters. The predicted octanol–water partition coefficient (Wildman–Crippen LogP) is 5.67. The molecule has 5 rings (SSSR count). The lowest BCUT2D eigenvalue weighted by atomic mass is 9.94. The maximum absolute atomic E-state index is 13.0. The number of carbonyl (C=O) groups is 2. The van der Waals surface area contributed by atoms with Gasteiger partial charge in [-0.25, -0.2) is 9.59 Å². The summed E-state index contributed by atoms with van der Waals surface area (Å²) in [6.45, 7) is 0. The molecule has 0 aromatic heterocycles. The Morgan fingerprint density at radius 2 is 1.80 bits per heavy atom. The third kappa shape index (κ3) is 2.88. The molecule has 0 unspecified atom stereocenters. The number of ether oxygens (including phenoxy) is 3. The van der Waals surface area contributed by atoms with Gasteiger partial charge in [0.25, 0.3) is 0 Å². The molecular formula is C23H16ClNO5. The van der Waals surface area contributed by atoms with Gasteiger partial charge in [0.15, 0.2) is 11.9 Å². The summed E-state index contributed by atoms with van der Waals surface area (Å²) in [5.41, 5.74) is 2.54. The molecule has 3 aromatic rings. The van der Waals surface area contributed by atoms with E-state index in [1.807, 2.05) is 24.3 Å². The van der Waals surface area contributed by atoms with Crippen LogP contribution in [0.1, 0.15) is 33.6 Å². The molecule has 0 spiro atoms. The largest absolute Gasteiger partial charge is 0.465 e. The lowest BCUT2D eigenvalue weighted by Gasteiger charge is -2.24. The smallest absolute Gasteiger partial charge is 0.415 e. The van der Waals surface area contributed by atoms with Gasteiger partial charge in [-0.3, -0.25) is 4.90 Å². The second kappa shape index (κ2) is 7.07. The first-order chi connectivity index (χ1) is 14.6. The minimum absolute atomic E-state index is 0.421. The zero-order valence-electron chi connectivity index (χ0n) is 15.9. The number of amides is 1. The van der Waals surface area contributed by atoms with Gasteiger partial charge in [0.1, 0.15) is 11.8 Å². The Morgan fingerprint density at radius 1 is 1.03 bits per heavy atom. The topological polar surface area (TPSA) is 65.1 Å². The number of methoxy groups -OCH3 is 1. The molecule has 150 valence electrons. The van der Waals surface area contributed by atoms with E-state index in [4.69, 9.17) is 25.8 Å². The second-order valence-electron chi connectivity index (χ2n) is 6.98. The molecule has 0 saturated carbocycles. The van der Waals surface area contributed by atoms with Gasteiger partial charge in [0, 0.05) is 10.6 Å². The maximum Gasteiger partial charge on any atom is 0.415 e. The number of halogens is 1. The van der Waals surface area contributed by atoms with Crippen LogP contribution in [0.2, 0.25) is 5.02 Å². The first kappa shape index (κ1) is 18.5. The van der Waals surface area contributed by atoms with Crippen molar-refractivity contribution in [1.29, 1.82) is 0 Å². The van der Waals surface area contributed by atoms with E-state index >= 15 is 0 Å². The van der Waals surface area contributed by atoms with Crippen molar-refractivity contribution in [2.24, 2.45) is 0 Å². The highest BCUT2D eigenvalue weighted by Gasteiger charge is 2.48. The summed E-state index contributed by atoms with van der Waals surface area (Å²) in [6, 6.07) is 19.1. The van der Waals surface area contributed by atoms with E-state index in [1.54, 1.807) is 47.4 Å². The highest BCUT2D eigenvalue weighted by atomic mass is 35.5. The second-order valence-corrected chi connectivity index (χ2v) is 7.42. The van der Waals surface area contributed by atoms with Crippen LogP contribution in [0, 0.1) is 0 Å². The number of nitrogens with zero attached hydrogens (tertiary/aromatic N) is 1. The number of hydrogen-bond donors (Lipinski definition) is 0. The summed E-state index contributed by atoms with van der Waals surface area (Å²) >= 11 is 6.22. The Labute approximate surface area is 177 Å². The number of carbonyl (C=O) groups excluding carboxylic acids is 2. The van der Waals surface area contributed by atoms with E-state index in [0.717, 1.165) is 11.1 Å². The number of hydrogen-bond acceptors (Lipinski definition) is 5. The Hall–Kier alpha value is -3.51. The number of cyclic esters (lactones) is 1. The molecule has 2 heterocycles. The Bertz CT molecular complexity index is 1160. The van der Waals surface area contributed by atoms with Crippen molar-refractivity contribution in [2.75, 3.05) is 12.0 Å².